The molecule has 1 fully saturated rings. The quantitative estimate of drug-likeness (QED) is 0.778. The van der Waals surface area contributed by atoms with Crippen LogP contribution in [0.3, 0.4) is 0 Å². The van der Waals surface area contributed by atoms with Gasteiger partial charge in [0.2, 0.25) is 0 Å². The fraction of sp³-hybridized carbons (Fsp3) is 0.900. The predicted octanol–water partition coefficient (Wildman–Crippen LogP) is 1.68. The van der Waals surface area contributed by atoms with Crippen LogP contribution < -0.4 is 0 Å². The highest BCUT2D eigenvalue weighted by atomic mass is 32.2. The van der Waals surface area contributed by atoms with E-state index in [1.54, 1.807) is 0 Å². The van der Waals surface area contributed by atoms with E-state index >= 15 is 0 Å². The molecule has 1 heterocycles. The number of thioether (sulfide) groups is 1. The molecule has 14 heavy (non-hydrogen) atoms. The van der Waals surface area contributed by atoms with E-state index in [4.69, 9.17) is 5.11 Å². The Labute approximate surface area is 89.9 Å². The maximum atomic E-state index is 10.5. The first-order chi connectivity index (χ1) is 6.61. The lowest BCUT2D eigenvalue weighted by Crippen LogP contribution is -2.40. The van der Waals surface area contributed by atoms with Crippen molar-refractivity contribution in [3.8, 4) is 0 Å². The second-order valence-corrected chi connectivity index (χ2v) is 5.36. The fourth-order valence-electron chi connectivity index (χ4n) is 1.96. The number of aliphatic carboxylic acids is 1. The van der Waals surface area contributed by atoms with Crippen LogP contribution in [0, 0.1) is 0 Å². The molecule has 1 aliphatic rings. The molecule has 0 aromatic heterocycles. The average molecular weight is 217 g/mol. The topological polar surface area (TPSA) is 40.5 Å². The lowest BCUT2D eigenvalue weighted by atomic mass is 10.0. The number of hydrogen-bond donors (Lipinski definition) is 1. The van der Waals surface area contributed by atoms with Crippen molar-refractivity contribution in [2.75, 3.05) is 19.8 Å². The van der Waals surface area contributed by atoms with E-state index in [1.165, 1.54) is 18.6 Å². The van der Waals surface area contributed by atoms with E-state index in [2.05, 4.69) is 19.0 Å². The summed E-state index contributed by atoms with van der Waals surface area (Å²) in [6.45, 7) is 0. The maximum Gasteiger partial charge on any atom is 0.303 e. The Morgan fingerprint density at radius 3 is 2.86 bits per heavy atom. The smallest absolute Gasteiger partial charge is 0.303 e. The number of carboxylic acid groups (broad SMARTS) is 1. The molecular weight excluding hydrogens is 198 g/mol. The molecule has 82 valence electrons. The summed E-state index contributed by atoms with van der Waals surface area (Å²) in [5, 5.41) is 9.16. The molecule has 0 aromatic carbocycles. The van der Waals surface area contributed by atoms with E-state index in [1.807, 2.05) is 11.8 Å². The molecule has 2 unspecified atom stereocenters. The van der Waals surface area contributed by atoms with Gasteiger partial charge in [0.25, 0.3) is 0 Å². The van der Waals surface area contributed by atoms with Gasteiger partial charge in [-0.1, -0.05) is 0 Å². The van der Waals surface area contributed by atoms with Gasteiger partial charge in [-0.15, -0.1) is 0 Å². The van der Waals surface area contributed by atoms with Crippen molar-refractivity contribution in [2.45, 2.75) is 37.0 Å². The van der Waals surface area contributed by atoms with Gasteiger partial charge < -0.3 is 10.0 Å². The Bertz CT molecular complexity index is 197. The van der Waals surface area contributed by atoms with Crippen LogP contribution in [0.2, 0.25) is 0 Å². The molecule has 0 amide bonds. The SMILES string of the molecule is CN(C)C1CCCSC1CCC(=O)O. The summed E-state index contributed by atoms with van der Waals surface area (Å²) in [6.07, 6.45) is 3.59. The number of rotatable bonds is 4. The second kappa shape index (κ2) is 5.61. The zero-order valence-electron chi connectivity index (χ0n) is 8.90. The van der Waals surface area contributed by atoms with Crippen LogP contribution >= 0.6 is 11.8 Å². The molecule has 0 bridgehead atoms. The van der Waals surface area contributed by atoms with Crippen LogP contribution in [-0.4, -0.2) is 47.1 Å². The van der Waals surface area contributed by atoms with Gasteiger partial charge >= 0.3 is 5.97 Å². The van der Waals surface area contributed by atoms with E-state index in [0.29, 0.717) is 17.7 Å². The molecule has 0 radical (unpaired) electrons. The summed E-state index contributed by atoms with van der Waals surface area (Å²) < 4.78 is 0. The summed E-state index contributed by atoms with van der Waals surface area (Å²) in [5.41, 5.74) is 0. The highest BCUT2D eigenvalue weighted by molar-refractivity contribution is 8.00. The minimum atomic E-state index is -0.673. The van der Waals surface area contributed by atoms with Gasteiger partial charge in [-0.05, 0) is 39.1 Å². The Morgan fingerprint density at radius 2 is 2.29 bits per heavy atom. The van der Waals surface area contributed by atoms with E-state index in [9.17, 15) is 4.79 Å². The first kappa shape index (κ1) is 11.9. The van der Waals surface area contributed by atoms with Crippen LogP contribution in [0.5, 0.6) is 0 Å². The molecule has 1 aliphatic heterocycles. The number of carboxylic acids is 1. The van der Waals surface area contributed by atoms with Crippen LogP contribution in [0.4, 0.5) is 0 Å². The van der Waals surface area contributed by atoms with E-state index in [0.717, 1.165) is 6.42 Å². The summed E-state index contributed by atoms with van der Waals surface area (Å²) in [4.78, 5) is 12.7. The van der Waals surface area contributed by atoms with Gasteiger partial charge in [-0.25, -0.2) is 0 Å². The number of hydrogen-bond acceptors (Lipinski definition) is 3. The van der Waals surface area contributed by atoms with Crippen molar-refractivity contribution in [2.24, 2.45) is 0 Å². The molecule has 0 aromatic rings. The Balaban J connectivity index is 2.41. The Morgan fingerprint density at radius 1 is 1.57 bits per heavy atom. The fourth-order valence-corrected chi connectivity index (χ4v) is 3.48. The summed E-state index contributed by atoms with van der Waals surface area (Å²) >= 11 is 1.94. The molecule has 0 saturated carbocycles. The van der Waals surface area contributed by atoms with Crippen LogP contribution in [0.15, 0.2) is 0 Å². The lowest BCUT2D eigenvalue weighted by molar-refractivity contribution is -0.137. The minimum absolute atomic E-state index is 0.308. The molecule has 3 nitrogen and oxygen atoms in total. The van der Waals surface area contributed by atoms with Gasteiger partial charge in [0.1, 0.15) is 0 Å². The third kappa shape index (κ3) is 3.50. The van der Waals surface area contributed by atoms with E-state index < -0.39 is 5.97 Å². The van der Waals surface area contributed by atoms with Gasteiger partial charge in [-0.2, -0.15) is 11.8 Å². The predicted molar refractivity (Wildman–Crippen MR) is 59.8 cm³/mol. The summed E-state index contributed by atoms with van der Waals surface area (Å²) in [6, 6.07) is 0.563. The molecule has 1 N–H and O–H groups in total. The highest BCUT2D eigenvalue weighted by Crippen LogP contribution is 2.31. The number of nitrogens with zero attached hydrogens (tertiary/aromatic N) is 1. The van der Waals surface area contributed by atoms with Gasteiger partial charge in [0.05, 0.1) is 0 Å². The lowest BCUT2D eigenvalue weighted by Gasteiger charge is -2.35. The molecule has 0 aliphatic carbocycles. The monoisotopic (exact) mass is 217 g/mol. The normalized spacial score (nSPS) is 27.9. The molecule has 1 saturated heterocycles. The van der Waals surface area contributed by atoms with Crippen molar-refractivity contribution in [1.82, 2.24) is 4.90 Å². The average Bonchev–Trinajstić information content (AvgIpc) is 2.15. The van der Waals surface area contributed by atoms with Gasteiger partial charge in [0.15, 0.2) is 0 Å². The maximum absolute atomic E-state index is 10.5. The molecule has 2 atom stereocenters. The van der Waals surface area contributed by atoms with Crippen molar-refractivity contribution < 1.29 is 9.90 Å². The second-order valence-electron chi connectivity index (χ2n) is 4.01. The Hall–Kier alpha value is -0.220. The first-order valence-electron chi connectivity index (χ1n) is 5.11. The van der Waals surface area contributed by atoms with Gasteiger partial charge in [0, 0.05) is 17.7 Å². The minimum Gasteiger partial charge on any atom is -0.481 e. The molecule has 4 heteroatoms. The first-order valence-corrected chi connectivity index (χ1v) is 6.16. The van der Waals surface area contributed by atoms with Crippen LogP contribution in [0.25, 0.3) is 0 Å². The van der Waals surface area contributed by atoms with Crippen LogP contribution in [-0.2, 0) is 4.79 Å². The Kier molecular flexibility index (Phi) is 4.75. The van der Waals surface area contributed by atoms with Crippen molar-refractivity contribution in [1.29, 1.82) is 0 Å². The van der Waals surface area contributed by atoms with Gasteiger partial charge in [-0.3, -0.25) is 4.79 Å². The van der Waals surface area contributed by atoms with E-state index in [-0.39, 0.29) is 0 Å². The third-order valence-electron chi connectivity index (χ3n) is 2.71. The largest absolute Gasteiger partial charge is 0.481 e. The number of carbonyl (C=O) groups is 1. The summed E-state index contributed by atoms with van der Waals surface area (Å²) in [7, 11) is 4.18. The molecular formula is C10H19NO2S. The molecule has 0 spiro atoms. The zero-order valence-corrected chi connectivity index (χ0v) is 9.72. The van der Waals surface area contributed by atoms with Crippen molar-refractivity contribution in [3.05, 3.63) is 0 Å². The third-order valence-corrected chi connectivity index (χ3v) is 4.21. The zero-order chi connectivity index (χ0) is 10.6. The standard InChI is InChI=1S/C10H19NO2S/c1-11(2)8-4-3-7-14-9(8)5-6-10(12)13/h8-9H,3-7H2,1-2H3,(H,12,13). The van der Waals surface area contributed by atoms with Crippen molar-refractivity contribution in [3.63, 3.8) is 0 Å². The molecule has 1 rings (SSSR count). The summed E-state index contributed by atoms with van der Waals surface area (Å²) in [5.74, 6) is 0.517. The van der Waals surface area contributed by atoms with Crippen molar-refractivity contribution >= 4 is 17.7 Å². The van der Waals surface area contributed by atoms with Crippen LogP contribution in [0.1, 0.15) is 25.7 Å². The highest BCUT2D eigenvalue weighted by Gasteiger charge is 2.27.